The van der Waals surface area contributed by atoms with E-state index in [9.17, 15) is 13.2 Å². The molecule has 11 heavy (non-hydrogen) atoms. The van der Waals surface area contributed by atoms with Gasteiger partial charge in [-0.2, -0.15) is 0 Å². The zero-order chi connectivity index (χ0) is 8.48. The highest BCUT2D eigenvalue weighted by Crippen LogP contribution is 2.30. The molecular weight excluding hydrogens is 157 g/mol. The van der Waals surface area contributed by atoms with Gasteiger partial charge in [0.2, 0.25) is 0 Å². The van der Waals surface area contributed by atoms with Gasteiger partial charge in [0.1, 0.15) is 11.7 Å². The average molecular weight is 164 g/mol. The summed E-state index contributed by atoms with van der Waals surface area (Å²) in [6.07, 6.45) is 0.598. The van der Waals surface area contributed by atoms with E-state index in [4.69, 9.17) is 5.11 Å². The Morgan fingerprint density at radius 3 is 2.64 bits per heavy atom. The molecule has 0 aromatic heterocycles. The van der Waals surface area contributed by atoms with Crippen molar-refractivity contribution in [2.24, 2.45) is 0 Å². The molecule has 0 bridgehead atoms. The van der Waals surface area contributed by atoms with Crippen LogP contribution in [-0.2, 0) is 0 Å². The first-order valence-electron chi connectivity index (χ1n) is 3.10. The molecule has 0 amide bonds. The summed E-state index contributed by atoms with van der Waals surface area (Å²) in [6, 6.07) is 0. The number of rotatable bonds is 1. The van der Waals surface area contributed by atoms with E-state index in [-0.39, 0.29) is 0 Å². The van der Waals surface area contributed by atoms with Gasteiger partial charge < -0.3 is 5.11 Å². The van der Waals surface area contributed by atoms with Gasteiger partial charge in [0.15, 0.2) is 5.67 Å². The zero-order valence-electron chi connectivity index (χ0n) is 5.65. The molecule has 0 saturated heterocycles. The molecule has 1 atom stereocenters. The van der Waals surface area contributed by atoms with Gasteiger partial charge in [-0.15, -0.1) is 0 Å². The number of alkyl halides is 1. The van der Waals surface area contributed by atoms with Crippen molar-refractivity contribution in [2.75, 3.05) is 6.61 Å². The first-order valence-corrected chi connectivity index (χ1v) is 3.10. The number of hydrogen-bond acceptors (Lipinski definition) is 1. The summed E-state index contributed by atoms with van der Waals surface area (Å²) >= 11 is 0. The van der Waals surface area contributed by atoms with Gasteiger partial charge in [-0.1, -0.05) is 0 Å². The molecular formula is C7H7F3O. The Hall–Kier alpha value is -0.770. The molecule has 0 fully saturated rings. The van der Waals surface area contributed by atoms with E-state index in [1.807, 2.05) is 0 Å². The highest BCUT2D eigenvalue weighted by atomic mass is 19.2. The molecule has 62 valence electrons. The topological polar surface area (TPSA) is 20.2 Å². The highest BCUT2D eigenvalue weighted by Gasteiger charge is 2.31. The Bertz CT molecular complexity index is 222. The molecule has 1 rings (SSSR count). The molecule has 0 aromatic carbocycles. The van der Waals surface area contributed by atoms with E-state index in [1.54, 1.807) is 0 Å². The van der Waals surface area contributed by atoms with Crippen LogP contribution in [0.2, 0.25) is 0 Å². The van der Waals surface area contributed by atoms with E-state index >= 15 is 0 Å². The minimum Gasteiger partial charge on any atom is -0.393 e. The van der Waals surface area contributed by atoms with Crippen molar-refractivity contribution in [3.63, 3.8) is 0 Å². The van der Waals surface area contributed by atoms with Gasteiger partial charge in [0.25, 0.3) is 0 Å². The summed E-state index contributed by atoms with van der Waals surface area (Å²) in [7, 11) is 0. The van der Waals surface area contributed by atoms with E-state index in [2.05, 4.69) is 0 Å². The predicted octanol–water partition coefficient (Wildman–Crippen LogP) is 1.80. The molecule has 0 aromatic rings. The second kappa shape index (κ2) is 2.70. The monoisotopic (exact) mass is 164 g/mol. The van der Waals surface area contributed by atoms with E-state index in [0.29, 0.717) is 12.2 Å². The van der Waals surface area contributed by atoms with Crippen LogP contribution in [0.3, 0.4) is 0 Å². The first kappa shape index (κ1) is 8.33. The lowest BCUT2D eigenvalue weighted by molar-refractivity contribution is 0.105. The van der Waals surface area contributed by atoms with Gasteiger partial charge >= 0.3 is 0 Å². The summed E-state index contributed by atoms with van der Waals surface area (Å²) in [5.74, 6) is -1.87. The Morgan fingerprint density at radius 2 is 2.18 bits per heavy atom. The Labute approximate surface area is 61.8 Å². The largest absolute Gasteiger partial charge is 0.393 e. The molecule has 1 nitrogen and oxygen atoms in total. The number of allylic oxidation sites excluding steroid dienone is 3. The first-order chi connectivity index (χ1) is 5.06. The molecule has 0 aliphatic heterocycles. The van der Waals surface area contributed by atoms with E-state index in [1.165, 1.54) is 0 Å². The van der Waals surface area contributed by atoms with Crippen LogP contribution in [0.1, 0.15) is 6.42 Å². The average Bonchev–Trinajstić information content (AvgIpc) is 1.84. The van der Waals surface area contributed by atoms with E-state index < -0.39 is 30.4 Å². The lowest BCUT2D eigenvalue weighted by Gasteiger charge is -2.20. The maximum Gasteiger partial charge on any atom is 0.161 e. The summed E-state index contributed by atoms with van der Waals surface area (Å²) in [4.78, 5) is 0. The fraction of sp³-hybridized carbons (Fsp3) is 0.429. The SMILES string of the molecule is OCC1(F)C=C(F)C=C(F)C1. The third-order valence-corrected chi connectivity index (χ3v) is 1.42. The van der Waals surface area contributed by atoms with Crippen LogP contribution in [-0.4, -0.2) is 17.4 Å². The van der Waals surface area contributed by atoms with Crippen LogP contribution in [0.15, 0.2) is 23.8 Å². The fourth-order valence-electron chi connectivity index (χ4n) is 0.923. The van der Waals surface area contributed by atoms with Crippen molar-refractivity contribution < 1.29 is 18.3 Å². The standard InChI is InChI=1S/C7H7F3O/c8-5-1-6(9)3-7(10,2-5)4-11/h1-2,11H,3-4H2. The molecule has 4 heteroatoms. The lowest BCUT2D eigenvalue weighted by Crippen LogP contribution is -2.27. The van der Waals surface area contributed by atoms with Crippen molar-refractivity contribution in [3.8, 4) is 0 Å². The number of halogens is 3. The normalized spacial score (nSPS) is 31.3. The Balaban J connectivity index is 2.86. The van der Waals surface area contributed by atoms with Crippen LogP contribution < -0.4 is 0 Å². The molecule has 0 radical (unpaired) electrons. The van der Waals surface area contributed by atoms with Crippen molar-refractivity contribution in [2.45, 2.75) is 12.1 Å². The lowest BCUT2D eigenvalue weighted by atomic mass is 9.97. The van der Waals surface area contributed by atoms with Crippen LogP contribution in [0, 0.1) is 0 Å². The van der Waals surface area contributed by atoms with Crippen LogP contribution >= 0.6 is 0 Å². The van der Waals surface area contributed by atoms with Crippen molar-refractivity contribution in [3.05, 3.63) is 23.8 Å². The highest BCUT2D eigenvalue weighted by molar-refractivity contribution is 5.26. The van der Waals surface area contributed by atoms with Gasteiger partial charge in [-0.25, -0.2) is 13.2 Å². The quantitative estimate of drug-likeness (QED) is 0.626. The maximum absolute atomic E-state index is 13.0. The fourth-order valence-corrected chi connectivity index (χ4v) is 0.923. The van der Waals surface area contributed by atoms with Gasteiger partial charge in [0, 0.05) is 12.5 Å². The summed E-state index contributed by atoms with van der Waals surface area (Å²) in [6.45, 7) is -0.901. The van der Waals surface area contributed by atoms with Gasteiger partial charge in [0.05, 0.1) is 6.61 Å². The minimum absolute atomic E-state index is 0.579. The second-order valence-corrected chi connectivity index (χ2v) is 2.49. The molecule has 0 spiro atoms. The number of hydrogen-bond donors (Lipinski definition) is 1. The minimum atomic E-state index is -2.26. The van der Waals surface area contributed by atoms with Crippen LogP contribution in [0.5, 0.6) is 0 Å². The second-order valence-electron chi connectivity index (χ2n) is 2.49. The van der Waals surface area contributed by atoms with Crippen LogP contribution in [0.25, 0.3) is 0 Å². The smallest absolute Gasteiger partial charge is 0.161 e. The molecule has 1 N–H and O–H groups in total. The third kappa shape index (κ3) is 1.83. The molecule has 0 heterocycles. The maximum atomic E-state index is 13.0. The molecule has 1 aliphatic carbocycles. The van der Waals surface area contributed by atoms with Gasteiger partial charge in [-0.05, 0) is 6.08 Å². The van der Waals surface area contributed by atoms with Crippen LogP contribution in [0.4, 0.5) is 13.2 Å². The number of aliphatic hydroxyl groups is 1. The van der Waals surface area contributed by atoms with Gasteiger partial charge in [-0.3, -0.25) is 0 Å². The molecule has 1 aliphatic rings. The molecule has 1 unspecified atom stereocenters. The molecule has 0 saturated carbocycles. The summed E-state index contributed by atoms with van der Waals surface area (Å²) in [5, 5.41) is 8.41. The van der Waals surface area contributed by atoms with E-state index in [0.717, 1.165) is 0 Å². The zero-order valence-corrected chi connectivity index (χ0v) is 5.65. The third-order valence-electron chi connectivity index (χ3n) is 1.42. The Kier molecular flexibility index (Phi) is 2.04. The predicted molar refractivity (Wildman–Crippen MR) is 33.9 cm³/mol. The summed E-state index contributed by atoms with van der Waals surface area (Å²) in [5.41, 5.74) is -2.26. The number of aliphatic hydroxyl groups excluding tert-OH is 1. The summed E-state index contributed by atoms with van der Waals surface area (Å²) < 4.78 is 37.6. The van der Waals surface area contributed by atoms with Crippen molar-refractivity contribution in [1.29, 1.82) is 0 Å². The van der Waals surface area contributed by atoms with Crippen molar-refractivity contribution in [1.82, 2.24) is 0 Å². The van der Waals surface area contributed by atoms with Crippen molar-refractivity contribution >= 4 is 0 Å². The Morgan fingerprint density at radius 1 is 1.55 bits per heavy atom.